The van der Waals surface area contributed by atoms with Gasteiger partial charge in [-0.05, 0) is 36.0 Å². The first-order chi connectivity index (χ1) is 16.6. The van der Waals surface area contributed by atoms with E-state index in [1.807, 2.05) is 66.7 Å². The molecule has 5 nitrogen and oxygen atoms in total. The summed E-state index contributed by atoms with van der Waals surface area (Å²) in [6.45, 7) is 2.02. The first kappa shape index (κ1) is 23.6. The van der Waals surface area contributed by atoms with Crippen molar-refractivity contribution >= 4 is 12.0 Å². The van der Waals surface area contributed by atoms with Gasteiger partial charge in [-0.25, -0.2) is 4.79 Å². The number of ether oxygens (including phenoxy) is 1. The summed E-state index contributed by atoms with van der Waals surface area (Å²) in [7, 11) is 0. The lowest BCUT2D eigenvalue weighted by molar-refractivity contribution is -0.122. The third-order valence-corrected chi connectivity index (χ3v) is 6.65. The van der Waals surface area contributed by atoms with E-state index in [-0.39, 0.29) is 24.0 Å². The van der Waals surface area contributed by atoms with Gasteiger partial charge in [0.25, 0.3) is 0 Å². The molecule has 0 aromatic heterocycles. The first-order valence-electron chi connectivity index (χ1n) is 12.0. The van der Waals surface area contributed by atoms with E-state index in [4.69, 9.17) is 4.74 Å². The Morgan fingerprint density at radius 3 is 1.97 bits per heavy atom. The summed E-state index contributed by atoms with van der Waals surface area (Å²) < 4.78 is 5.53. The number of nitrogens with one attached hydrogen (secondary N) is 1. The van der Waals surface area contributed by atoms with Crippen molar-refractivity contribution in [3.8, 4) is 0 Å². The van der Waals surface area contributed by atoms with Gasteiger partial charge in [-0.3, -0.25) is 4.79 Å². The summed E-state index contributed by atoms with van der Waals surface area (Å²) in [6, 6.07) is 30.1. The van der Waals surface area contributed by atoms with Crippen molar-refractivity contribution in [2.45, 2.75) is 37.7 Å². The first-order valence-corrected chi connectivity index (χ1v) is 12.0. The van der Waals surface area contributed by atoms with Gasteiger partial charge < -0.3 is 15.0 Å². The van der Waals surface area contributed by atoms with Crippen molar-refractivity contribution in [1.29, 1.82) is 0 Å². The predicted octanol–water partition coefficient (Wildman–Crippen LogP) is 5.11. The van der Waals surface area contributed by atoms with Crippen molar-refractivity contribution in [3.05, 3.63) is 108 Å². The summed E-state index contributed by atoms with van der Waals surface area (Å²) in [5.74, 6) is 0.0555. The molecule has 0 bridgehead atoms. The number of nitrogens with zero attached hydrogens (tertiary/aromatic N) is 1. The molecule has 1 saturated heterocycles. The smallest absolute Gasteiger partial charge is 0.410 e. The van der Waals surface area contributed by atoms with Crippen molar-refractivity contribution in [2.24, 2.45) is 0 Å². The molecule has 2 amide bonds. The van der Waals surface area contributed by atoms with Gasteiger partial charge in [0.1, 0.15) is 6.61 Å². The lowest BCUT2D eigenvalue weighted by Gasteiger charge is -2.41. The number of likely N-dealkylation sites (tertiary alicyclic amines) is 1. The van der Waals surface area contributed by atoms with Crippen LogP contribution in [-0.2, 0) is 28.0 Å². The Morgan fingerprint density at radius 2 is 1.35 bits per heavy atom. The fraction of sp³-hybridized carbons (Fsp3) is 0.310. The van der Waals surface area contributed by atoms with Crippen LogP contribution in [0.5, 0.6) is 0 Å². The van der Waals surface area contributed by atoms with Crippen molar-refractivity contribution in [1.82, 2.24) is 10.2 Å². The maximum absolute atomic E-state index is 12.9. The van der Waals surface area contributed by atoms with Gasteiger partial charge in [0.2, 0.25) is 5.91 Å². The Bertz CT molecular complexity index is 1050. The normalized spacial score (nSPS) is 14.9. The Kier molecular flexibility index (Phi) is 7.97. The number of hydrogen-bond donors (Lipinski definition) is 1. The molecular weight excluding hydrogens is 424 g/mol. The average Bonchev–Trinajstić information content (AvgIpc) is 2.89. The Morgan fingerprint density at radius 1 is 0.794 bits per heavy atom. The second kappa shape index (κ2) is 11.5. The molecule has 5 heteroatoms. The second-order valence-electron chi connectivity index (χ2n) is 8.94. The highest BCUT2D eigenvalue weighted by Gasteiger charge is 2.39. The molecule has 0 spiro atoms. The lowest BCUT2D eigenvalue weighted by atomic mass is 9.70. The number of carbonyl (C=O) groups excluding carboxylic acids is 2. The molecule has 3 aromatic carbocycles. The van der Waals surface area contributed by atoms with E-state index in [1.54, 1.807) is 4.90 Å². The highest BCUT2D eigenvalue weighted by atomic mass is 16.6. The highest BCUT2D eigenvalue weighted by Crippen LogP contribution is 2.39. The lowest BCUT2D eigenvalue weighted by Crippen LogP contribution is -2.47. The third-order valence-electron chi connectivity index (χ3n) is 6.65. The van der Waals surface area contributed by atoms with Gasteiger partial charge in [0.15, 0.2) is 0 Å². The zero-order valence-electron chi connectivity index (χ0n) is 19.5. The van der Waals surface area contributed by atoms with Gasteiger partial charge in [-0.1, -0.05) is 91.0 Å². The molecule has 4 rings (SSSR count). The number of amides is 2. The van der Waals surface area contributed by atoms with E-state index in [1.165, 1.54) is 5.56 Å². The molecule has 1 N–H and O–H groups in total. The van der Waals surface area contributed by atoms with Crippen LogP contribution in [0.25, 0.3) is 0 Å². The van der Waals surface area contributed by atoms with E-state index in [0.29, 0.717) is 26.1 Å². The van der Waals surface area contributed by atoms with Crippen LogP contribution in [-0.4, -0.2) is 36.5 Å². The largest absolute Gasteiger partial charge is 0.445 e. The van der Waals surface area contributed by atoms with E-state index >= 15 is 0 Å². The van der Waals surface area contributed by atoms with Gasteiger partial charge in [0.05, 0.1) is 0 Å². The zero-order chi connectivity index (χ0) is 23.6. The maximum atomic E-state index is 12.9. The van der Waals surface area contributed by atoms with E-state index < -0.39 is 0 Å². The highest BCUT2D eigenvalue weighted by molar-refractivity contribution is 5.78. The topological polar surface area (TPSA) is 58.6 Å². The monoisotopic (exact) mass is 456 g/mol. The number of carbonyl (C=O) groups is 2. The molecule has 1 heterocycles. The fourth-order valence-corrected chi connectivity index (χ4v) is 4.65. The van der Waals surface area contributed by atoms with E-state index in [0.717, 1.165) is 30.4 Å². The van der Waals surface area contributed by atoms with Gasteiger partial charge >= 0.3 is 6.09 Å². The third kappa shape index (κ3) is 6.25. The van der Waals surface area contributed by atoms with E-state index in [9.17, 15) is 9.59 Å². The number of benzene rings is 3. The summed E-state index contributed by atoms with van der Waals surface area (Å²) in [6.07, 6.45) is 2.38. The minimum absolute atomic E-state index is 0.0555. The molecule has 0 unspecified atom stereocenters. The van der Waals surface area contributed by atoms with Crippen LogP contribution in [0.4, 0.5) is 4.79 Å². The van der Waals surface area contributed by atoms with Crippen LogP contribution in [0.3, 0.4) is 0 Å². The molecule has 0 aliphatic carbocycles. The molecule has 0 radical (unpaired) electrons. The van der Waals surface area contributed by atoms with Crippen LogP contribution in [0, 0.1) is 0 Å². The number of piperidine rings is 1. The molecule has 1 fully saturated rings. The Balaban J connectivity index is 1.34. The SMILES string of the molecule is O=C(CC1(c2ccccc2)CCN(C(=O)OCc2ccccc2)CC1)NCCc1ccccc1. The van der Waals surface area contributed by atoms with Gasteiger partial charge in [-0.15, -0.1) is 0 Å². The number of hydrogen-bond acceptors (Lipinski definition) is 3. The number of rotatable bonds is 8. The fourth-order valence-electron chi connectivity index (χ4n) is 4.65. The molecule has 34 heavy (non-hydrogen) atoms. The van der Waals surface area contributed by atoms with Crippen LogP contribution in [0.15, 0.2) is 91.0 Å². The molecule has 176 valence electrons. The standard InChI is InChI=1S/C29H32N2O3/c32-27(30-19-16-24-10-4-1-5-11-24)22-29(26-14-8-3-9-15-26)17-20-31(21-18-29)28(33)34-23-25-12-6-2-7-13-25/h1-15H,16-23H2,(H,30,32). The quantitative estimate of drug-likeness (QED) is 0.513. The van der Waals surface area contributed by atoms with Crippen molar-refractivity contribution < 1.29 is 14.3 Å². The summed E-state index contributed by atoms with van der Waals surface area (Å²) in [5.41, 5.74) is 3.06. The molecule has 0 atom stereocenters. The Hall–Kier alpha value is -3.60. The summed E-state index contributed by atoms with van der Waals surface area (Å²) in [4.78, 5) is 27.3. The molecule has 0 saturated carbocycles. The van der Waals surface area contributed by atoms with Crippen molar-refractivity contribution in [3.63, 3.8) is 0 Å². The van der Waals surface area contributed by atoms with Crippen molar-refractivity contribution in [2.75, 3.05) is 19.6 Å². The van der Waals surface area contributed by atoms with Crippen LogP contribution in [0.2, 0.25) is 0 Å². The minimum Gasteiger partial charge on any atom is -0.445 e. The van der Waals surface area contributed by atoms with Crippen LogP contribution in [0.1, 0.15) is 36.0 Å². The van der Waals surface area contributed by atoms with E-state index in [2.05, 4.69) is 29.6 Å². The Labute approximate surface area is 201 Å². The maximum Gasteiger partial charge on any atom is 0.410 e. The summed E-state index contributed by atoms with van der Waals surface area (Å²) in [5, 5.41) is 3.10. The molecule has 1 aliphatic rings. The van der Waals surface area contributed by atoms with Crippen LogP contribution >= 0.6 is 0 Å². The predicted molar refractivity (Wildman–Crippen MR) is 133 cm³/mol. The molecular formula is C29H32N2O3. The van der Waals surface area contributed by atoms with Gasteiger partial charge in [0, 0.05) is 31.5 Å². The minimum atomic E-state index is -0.294. The molecule has 3 aromatic rings. The molecule has 1 aliphatic heterocycles. The zero-order valence-corrected chi connectivity index (χ0v) is 19.5. The average molecular weight is 457 g/mol. The van der Waals surface area contributed by atoms with Crippen LogP contribution < -0.4 is 5.32 Å². The van der Waals surface area contributed by atoms with Gasteiger partial charge in [-0.2, -0.15) is 0 Å². The second-order valence-corrected chi connectivity index (χ2v) is 8.94. The summed E-state index contributed by atoms with van der Waals surface area (Å²) >= 11 is 0.